The molecule has 23 heavy (non-hydrogen) atoms. The van der Waals surface area contributed by atoms with E-state index in [2.05, 4.69) is 48.6 Å². The number of aryl methyl sites for hydroxylation is 1. The Balaban J connectivity index is 1.63. The largest absolute Gasteiger partial charge is 0.273 e. The molecule has 0 radical (unpaired) electrons. The van der Waals surface area contributed by atoms with Gasteiger partial charge < -0.3 is 0 Å². The van der Waals surface area contributed by atoms with Crippen LogP contribution in [-0.4, -0.2) is 11.6 Å². The molecule has 1 aliphatic rings. The second-order valence-corrected chi connectivity index (χ2v) is 6.11. The van der Waals surface area contributed by atoms with Gasteiger partial charge in [-0.05, 0) is 36.8 Å². The van der Waals surface area contributed by atoms with Gasteiger partial charge in [-0.3, -0.25) is 4.79 Å². The van der Waals surface area contributed by atoms with Crippen LogP contribution in [0.25, 0.3) is 0 Å². The molecule has 2 atom stereocenters. The molecule has 1 N–H and O–H groups in total. The van der Waals surface area contributed by atoms with Gasteiger partial charge in [-0.25, -0.2) is 5.43 Å². The number of carbonyl (C=O) groups excluding carboxylic acids is 1. The third kappa shape index (κ3) is 3.67. The fourth-order valence-electron chi connectivity index (χ4n) is 2.85. The first-order chi connectivity index (χ1) is 11.2. The fourth-order valence-corrected chi connectivity index (χ4v) is 2.85. The van der Waals surface area contributed by atoms with Crippen LogP contribution in [0.2, 0.25) is 0 Å². The Hall–Kier alpha value is -2.42. The van der Waals surface area contributed by atoms with E-state index in [4.69, 9.17) is 0 Å². The Bertz CT molecular complexity index is 704. The molecule has 1 amide bonds. The summed E-state index contributed by atoms with van der Waals surface area (Å²) in [4.78, 5) is 12.3. The van der Waals surface area contributed by atoms with E-state index in [0.29, 0.717) is 5.92 Å². The Morgan fingerprint density at radius 2 is 1.83 bits per heavy atom. The minimum atomic E-state index is 0.0249. The zero-order valence-electron chi connectivity index (χ0n) is 13.6. The van der Waals surface area contributed by atoms with E-state index in [1.165, 1.54) is 11.1 Å². The molecule has 2 aromatic rings. The molecule has 1 fully saturated rings. The van der Waals surface area contributed by atoms with Crippen LogP contribution in [0.4, 0.5) is 0 Å². The molecule has 0 saturated heterocycles. The van der Waals surface area contributed by atoms with Crippen molar-refractivity contribution in [3.63, 3.8) is 0 Å². The maximum atomic E-state index is 12.3. The van der Waals surface area contributed by atoms with Crippen molar-refractivity contribution in [1.82, 2.24) is 5.43 Å². The van der Waals surface area contributed by atoms with Gasteiger partial charge in [0.05, 0.1) is 5.71 Å². The van der Waals surface area contributed by atoms with Crippen molar-refractivity contribution in [2.24, 2.45) is 11.0 Å². The van der Waals surface area contributed by atoms with Crippen LogP contribution in [0.3, 0.4) is 0 Å². The number of nitrogens with one attached hydrogen (secondary N) is 1. The molecule has 118 valence electrons. The third-order valence-electron chi connectivity index (χ3n) is 4.38. The summed E-state index contributed by atoms with van der Waals surface area (Å²) in [6.45, 7) is 4.11. The summed E-state index contributed by atoms with van der Waals surface area (Å²) < 4.78 is 0. The zero-order valence-corrected chi connectivity index (χ0v) is 13.6. The SMILES string of the molecule is CC/C(=N/NC(=O)[C@@H]1C[C@@H]1c1ccccc1)c1ccc(C)cc1. The summed E-state index contributed by atoms with van der Waals surface area (Å²) in [6.07, 6.45) is 1.70. The zero-order chi connectivity index (χ0) is 16.2. The molecule has 0 spiro atoms. The van der Waals surface area contributed by atoms with E-state index in [1.807, 2.05) is 30.3 Å². The summed E-state index contributed by atoms with van der Waals surface area (Å²) in [6, 6.07) is 18.4. The molecule has 2 aromatic carbocycles. The molecule has 0 bridgehead atoms. The van der Waals surface area contributed by atoms with Gasteiger partial charge in [0.25, 0.3) is 0 Å². The standard InChI is InChI=1S/C20H22N2O/c1-3-19(16-11-9-14(2)10-12-16)21-22-20(23)18-13-17(18)15-7-5-4-6-8-15/h4-12,17-18H,3,13H2,1-2H3,(H,22,23)/b21-19-/t17-,18-/m1/s1. The lowest BCUT2D eigenvalue weighted by Crippen LogP contribution is -2.22. The number of benzene rings is 2. The van der Waals surface area contributed by atoms with Crippen LogP contribution >= 0.6 is 0 Å². The maximum Gasteiger partial charge on any atom is 0.243 e. The van der Waals surface area contributed by atoms with Crippen LogP contribution in [-0.2, 0) is 4.79 Å². The quantitative estimate of drug-likeness (QED) is 0.657. The number of rotatable bonds is 5. The van der Waals surface area contributed by atoms with E-state index < -0.39 is 0 Å². The molecule has 1 saturated carbocycles. The Kier molecular flexibility index (Phi) is 4.56. The van der Waals surface area contributed by atoms with Crippen molar-refractivity contribution in [1.29, 1.82) is 0 Å². The topological polar surface area (TPSA) is 41.5 Å². The van der Waals surface area contributed by atoms with Gasteiger partial charge >= 0.3 is 0 Å². The van der Waals surface area contributed by atoms with Crippen molar-refractivity contribution in [2.75, 3.05) is 0 Å². The predicted molar refractivity (Wildman–Crippen MR) is 93.4 cm³/mol. The summed E-state index contributed by atoms with van der Waals surface area (Å²) in [5.74, 6) is 0.421. The van der Waals surface area contributed by atoms with Crippen molar-refractivity contribution >= 4 is 11.6 Å². The molecule has 0 heterocycles. The normalized spacial score (nSPS) is 20.2. The van der Waals surface area contributed by atoms with Crippen LogP contribution < -0.4 is 5.43 Å². The summed E-state index contributed by atoms with van der Waals surface area (Å²) in [5.41, 5.74) is 7.19. The summed E-state index contributed by atoms with van der Waals surface area (Å²) in [7, 11) is 0. The lowest BCUT2D eigenvalue weighted by Gasteiger charge is -2.06. The molecular weight excluding hydrogens is 284 g/mol. The van der Waals surface area contributed by atoms with Gasteiger partial charge in [-0.1, -0.05) is 67.1 Å². The van der Waals surface area contributed by atoms with Gasteiger partial charge in [0, 0.05) is 5.92 Å². The monoisotopic (exact) mass is 306 g/mol. The highest BCUT2D eigenvalue weighted by molar-refractivity contribution is 6.01. The van der Waals surface area contributed by atoms with E-state index in [9.17, 15) is 4.79 Å². The number of hydrogen-bond donors (Lipinski definition) is 1. The molecule has 3 nitrogen and oxygen atoms in total. The average molecular weight is 306 g/mol. The van der Waals surface area contributed by atoms with Crippen molar-refractivity contribution in [2.45, 2.75) is 32.6 Å². The molecule has 0 unspecified atom stereocenters. The molecule has 3 rings (SSSR count). The number of nitrogens with zero attached hydrogens (tertiary/aromatic N) is 1. The molecule has 0 aromatic heterocycles. The van der Waals surface area contributed by atoms with E-state index >= 15 is 0 Å². The molecule has 1 aliphatic carbocycles. The number of carbonyl (C=O) groups is 1. The van der Waals surface area contributed by atoms with E-state index in [-0.39, 0.29) is 11.8 Å². The smallest absolute Gasteiger partial charge is 0.243 e. The molecule has 3 heteroatoms. The lowest BCUT2D eigenvalue weighted by atomic mass is 10.1. The first-order valence-corrected chi connectivity index (χ1v) is 8.17. The minimum Gasteiger partial charge on any atom is -0.273 e. The molecule has 0 aliphatic heterocycles. The van der Waals surface area contributed by atoms with Crippen molar-refractivity contribution < 1.29 is 4.79 Å². The lowest BCUT2D eigenvalue weighted by molar-refractivity contribution is -0.122. The van der Waals surface area contributed by atoms with Crippen LogP contribution in [0.5, 0.6) is 0 Å². The van der Waals surface area contributed by atoms with Crippen molar-refractivity contribution in [3.05, 3.63) is 71.3 Å². The van der Waals surface area contributed by atoms with Gasteiger partial charge in [-0.15, -0.1) is 0 Å². The Morgan fingerprint density at radius 3 is 2.48 bits per heavy atom. The Labute approximate surface area is 137 Å². The third-order valence-corrected chi connectivity index (χ3v) is 4.38. The highest BCUT2D eigenvalue weighted by Crippen LogP contribution is 2.47. The Morgan fingerprint density at radius 1 is 1.13 bits per heavy atom. The predicted octanol–water partition coefficient (Wildman–Crippen LogP) is 4.03. The minimum absolute atomic E-state index is 0.0249. The van der Waals surface area contributed by atoms with Gasteiger partial charge in [-0.2, -0.15) is 5.10 Å². The average Bonchev–Trinajstić information content (AvgIpc) is 3.38. The highest BCUT2D eigenvalue weighted by Gasteiger charge is 2.43. The highest BCUT2D eigenvalue weighted by atomic mass is 16.2. The van der Waals surface area contributed by atoms with Gasteiger partial charge in [0.1, 0.15) is 0 Å². The van der Waals surface area contributed by atoms with Gasteiger partial charge in [0.2, 0.25) is 5.91 Å². The van der Waals surface area contributed by atoms with E-state index in [0.717, 1.165) is 24.1 Å². The summed E-state index contributed by atoms with van der Waals surface area (Å²) >= 11 is 0. The summed E-state index contributed by atoms with van der Waals surface area (Å²) in [5, 5.41) is 4.35. The van der Waals surface area contributed by atoms with Crippen LogP contribution in [0.1, 0.15) is 42.4 Å². The number of amides is 1. The first kappa shape index (κ1) is 15.5. The fraction of sp³-hybridized carbons (Fsp3) is 0.300. The second kappa shape index (κ2) is 6.78. The second-order valence-electron chi connectivity index (χ2n) is 6.11. The van der Waals surface area contributed by atoms with Gasteiger partial charge in [0.15, 0.2) is 0 Å². The first-order valence-electron chi connectivity index (χ1n) is 8.17. The maximum absolute atomic E-state index is 12.3. The number of hydrogen-bond acceptors (Lipinski definition) is 2. The molecular formula is C20H22N2O. The van der Waals surface area contributed by atoms with E-state index in [1.54, 1.807) is 0 Å². The van der Waals surface area contributed by atoms with Crippen molar-refractivity contribution in [3.8, 4) is 0 Å². The van der Waals surface area contributed by atoms with Crippen LogP contribution in [0.15, 0.2) is 59.7 Å². The number of hydrazone groups is 1. The van der Waals surface area contributed by atoms with Crippen LogP contribution in [0, 0.1) is 12.8 Å².